The molecule has 1 aliphatic heterocycles. The van der Waals surface area contributed by atoms with Gasteiger partial charge in [-0.05, 0) is 29.3 Å². The topological polar surface area (TPSA) is 93.7 Å². The molecule has 0 unspecified atom stereocenters. The van der Waals surface area contributed by atoms with Crippen LogP contribution in [0.2, 0.25) is 0 Å². The van der Waals surface area contributed by atoms with Gasteiger partial charge in [0.05, 0.1) is 26.2 Å². The Morgan fingerprint density at radius 3 is 2.41 bits per heavy atom. The molecule has 0 aliphatic carbocycles. The molecular formula is C25H28N4O4S. The number of anilines is 1. The number of nitrogens with one attached hydrogen (secondary N) is 1. The Balaban J connectivity index is 1.79. The van der Waals surface area contributed by atoms with Crippen LogP contribution >= 0.6 is 11.3 Å². The second-order valence-corrected chi connectivity index (χ2v) is 10.2. The Hall–Kier alpha value is -3.46. The third-order valence-corrected chi connectivity index (χ3v) is 7.17. The maximum Gasteiger partial charge on any atom is 0.254 e. The number of methoxy groups -OCH3 is 2. The van der Waals surface area contributed by atoms with Gasteiger partial charge in [-0.3, -0.25) is 14.9 Å². The van der Waals surface area contributed by atoms with Crippen molar-refractivity contribution in [2.75, 3.05) is 26.6 Å². The Labute approximate surface area is 202 Å². The molecule has 2 aromatic carbocycles. The summed E-state index contributed by atoms with van der Waals surface area (Å²) in [5, 5.41) is 12.6. The van der Waals surface area contributed by atoms with E-state index >= 15 is 0 Å². The average Bonchev–Trinajstić information content (AvgIpc) is 3.29. The monoisotopic (exact) mass is 480 g/mol. The average molecular weight is 481 g/mol. The zero-order valence-corrected chi connectivity index (χ0v) is 20.9. The number of ether oxygens (including phenoxy) is 2. The Kier molecular flexibility index (Phi) is 6.31. The van der Waals surface area contributed by atoms with Gasteiger partial charge in [-0.15, -0.1) is 10.2 Å². The second kappa shape index (κ2) is 9.06. The maximum atomic E-state index is 13.7. The summed E-state index contributed by atoms with van der Waals surface area (Å²) < 4.78 is 10.8. The molecule has 178 valence electrons. The van der Waals surface area contributed by atoms with Crippen molar-refractivity contribution >= 4 is 28.3 Å². The number of hydrogen-bond donors (Lipinski definition) is 1. The lowest BCUT2D eigenvalue weighted by Crippen LogP contribution is -2.44. The number of carbonyl (C=O) groups is 2. The van der Waals surface area contributed by atoms with E-state index in [0.29, 0.717) is 27.8 Å². The summed E-state index contributed by atoms with van der Waals surface area (Å²) in [6.45, 7) is 6.14. The van der Waals surface area contributed by atoms with Crippen molar-refractivity contribution in [2.45, 2.75) is 38.1 Å². The summed E-state index contributed by atoms with van der Waals surface area (Å²) >= 11 is 1.35. The number of amides is 2. The molecule has 8 nitrogen and oxygen atoms in total. The number of carbonyl (C=O) groups excluding carboxylic acids is 2. The van der Waals surface area contributed by atoms with Crippen molar-refractivity contribution in [1.82, 2.24) is 15.1 Å². The minimum atomic E-state index is -0.668. The first-order valence-electron chi connectivity index (χ1n) is 10.9. The third-order valence-electron chi connectivity index (χ3n) is 5.91. The summed E-state index contributed by atoms with van der Waals surface area (Å²) in [6, 6.07) is 12.1. The standard InChI is InChI=1S/C25H28N4O4S/c1-25(2,3)23-27-28-24(34-23)26-21(30)19-15-9-7-8-10-16(15)22(31)29(4)20(19)14-11-12-17(32-5)18(13-14)33-6/h7-13,19-20H,1-6H3,(H,26,28,30)/t19-,20-/m0/s1. The van der Waals surface area contributed by atoms with Crippen molar-refractivity contribution < 1.29 is 19.1 Å². The number of rotatable bonds is 5. The highest BCUT2D eigenvalue weighted by atomic mass is 32.1. The highest BCUT2D eigenvalue weighted by Gasteiger charge is 2.43. The van der Waals surface area contributed by atoms with Gasteiger partial charge in [-0.25, -0.2) is 0 Å². The van der Waals surface area contributed by atoms with Crippen LogP contribution in [0.1, 0.15) is 59.2 Å². The SMILES string of the molecule is COc1ccc([C@H]2[C@@H](C(=O)Nc3nnc(C(C)(C)C)s3)c3ccccc3C(=O)N2C)cc1OC. The van der Waals surface area contributed by atoms with Crippen LogP contribution in [0, 0.1) is 0 Å². The molecule has 4 rings (SSSR count). The molecule has 1 N–H and O–H groups in total. The van der Waals surface area contributed by atoms with Crippen LogP contribution in [0.3, 0.4) is 0 Å². The van der Waals surface area contributed by atoms with Crippen molar-refractivity contribution in [3.05, 3.63) is 64.2 Å². The maximum absolute atomic E-state index is 13.7. The minimum Gasteiger partial charge on any atom is -0.493 e. The number of nitrogens with zero attached hydrogens (tertiary/aromatic N) is 3. The third kappa shape index (κ3) is 4.23. The van der Waals surface area contributed by atoms with Gasteiger partial charge in [0, 0.05) is 18.0 Å². The van der Waals surface area contributed by atoms with Crippen molar-refractivity contribution in [3.8, 4) is 11.5 Å². The first kappa shape index (κ1) is 23.7. The predicted molar refractivity (Wildman–Crippen MR) is 131 cm³/mol. The van der Waals surface area contributed by atoms with E-state index in [0.717, 1.165) is 10.6 Å². The lowest BCUT2D eigenvalue weighted by molar-refractivity contribution is -0.119. The van der Waals surface area contributed by atoms with E-state index < -0.39 is 12.0 Å². The predicted octanol–water partition coefficient (Wildman–Crippen LogP) is 4.40. The van der Waals surface area contributed by atoms with Gasteiger partial charge in [-0.1, -0.05) is 56.4 Å². The summed E-state index contributed by atoms with van der Waals surface area (Å²) in [4.78, 5) is 28.6. The highest BCUT2D eigenvalue weighted by Crippen LogP contribution is 2.44. The first-order valence-corrected chi connectivity index (χ1v) is 11.7. The molecule has 0 fully saturated rings. The Morgan fingerprint density at radius 1 is 1.06 bits per heavy atom. The normalized spacial score (nSPS) is 17.8. The van der Waals surface area contributed by atoms with Gasteiger partial charge in [0.15, 0.2) is 11.5 Å². The fraction of sp³-hybridized carbons (Fsp3) is 0.360. The molecule has 0 saturated heterocycles. The summed E-state index contributed by atoms with van der Waals surface area (Å²) in [5.41, 5.74) is 1.76. The minimum absolute atomic E-state index is 0.148. The molecule has 34 heavy (non-hydrogen) atoms. The van der Waals surface area contributed by atoms with Crippen LogP contribution < -0.4 is 14.8 Å². The van der Waals surface area contributed by atoms with Crippen molar-refractivity contribution in [2.24, 2.45) is 0 Å². The van der Waals surface area contributed by atoms with Gasteiger partial charge >= 0.3 is 0 Å². The zero-order valence-electron chi connectivity index (χ0n) is 20.1. The van der Waals surface area contributed by atoms with Crippen LogP contribution in [-0.2, 0) is 10.2 Å². The van der Waals surface area contributed by atoms with Crippen LogP contribution in [0.15, 0.2) is 42.5 Å². The molecule has 3 aromatic rings. The lowest BCUT2D eigenvalue weighted by Gasteiger charge is -2.39. The largest absolute Gasteiger partial charge is 0.493 e. The van der Waals surface area contributed by atoms with Crippen LogP contribution in [0.5, 0.6) is 11.5 Å². The van der Waals surface area contributed by atoms with E-state index in [-0.39, 0.29) is 17.2 Å². The molecule has 1 aromatic heterocycles. The molecule has 2 amide bonds. The number of aromatic nitrogens is 2. The highest BCUT2D eigenvalue weighted by molar-refractivity contribution is 7.15. The van der Waals surface area contributed by atoms with Crippen LogP contribution in [-0.4, -0.2) is 48.2 Å². The number of fused-ring (bicyclic) bond motifs is 1. The number of benzene rings is 2. The van der Waals surface area contributed by atoms with Gasteiger partial charge in [-0.2, -0.15) is 0 Å². The van der Waals surface area contributed by atoms with E-state index in [2.05, 4.69) is 15.5 Å². The molecule has 0 radical (unpaired) electrons. The fourth-order valence-electron chi connectivity index (χ4n) is 4.17. The molecular weight excluding hydrogens is 452 g/mol. The molecule has 0 saturated carbocycles. The van der Waals surface area contributed by atoms with Crippen LogP contribution in [0.4, 0.5) is 5.13 Å². The summed E-state index contributed by atoms with van der Waals surface area (Å²) in [6.07, 6.45) is 0. The molecule has 0 spiro atoms. The number of likely N-dealkylation sites (N-methyl/N-ethyl adjacent to an activating group) is 1. The smallest absolute Gasteiger partial charge is 0.254 e. The van der Waals surface area contributed by atoms with Crippen LogP contribution in [0.25, 0.3) is 0 Å². The molecule has 2 heterocycles. The van der Waals surface area contributed by atoms with E-state index in [1.165, 1.54) is 11.3 Å². The molecule has 1 aliphatic rings. The molecule has 0 bridgehead atoms. The summed E-state index contributed by atoms with van der Waals surface area (Å²) in [5.74, 6) is 0.0198. The summed E-state index contributed by atoms with van der Waals surface area (Å²) in [7, 11) is 4.83. The van der Waals surface area contributed by atoms with E-state index in [4.69, 9.17) is 9.47 Å². The first-order chi connectivity index (χ1) is 16.2. The lowest BCUT2D eigenvalue weighted by atomic mass is 9.79. The molecule has 2 atom stereocenters. The fourth-order valence-corrected chi connectivity index (χ4v) is 4.97. The van der Waals surface area contributed by atoms with Crippen molar-refractivity contribution in [3.63, 3.8) is 0 Å². The van der Waals surface area contributed by atoms with Gasteiger partial charge < -0.3 is 14.4 Å². The van der Waals surface area contributed by atoms with Gasteiger partial charge in [0.2, 0.25) is 11.0 Å². The Morgan fingerprint density at radius 2 is 1.76 bits per heavy atom. The van der Waals surface area contributed by atoms with E-state index in [1.807, 2.05) is 45.0 Å². The van der Waals surface area contributed by atoms with E-state index in [1.54, 1.807) is 44.4 Å². The van der Waals surface area contributed by atoms with E-state index in [9.17, 15) is 9.59 Å². The van der Waals surface area contributed by atoms with Gasteiger partial charge in [0.25, 0.3) is 5.91 Å². The zero-order chi connectivity index (χ0) is 24.6. The number of hydrogen-bond acceptors (Lipinski definition) is 7. The Bertz CT molecular complexity index is 1230. The van der Waals surface area contributed by atoms with Crippen molar-refractivity contribution in [1.29, 1.82) is 0 Å². The molecule has 9 heteroatoms. The van der Waals surface area contributed by atoms with Gasteiger partial charge in [0.1, 0.15) is 5.01 Å². The second-order valence-electron chi connectivity index (χ2n) is 9.19. The quantitative estimate of drug-likeness (QED) is 0.582.